The fraction of sp³-hybridized carbons (Fsp3) is 0.167. The molecule has 28 heavy (non-hydrogen) atoms. The molecule has 0 spiro atoms. The minimum absolute atomic E-state index is 0.0309. The maximum atomic E-state index is 13.1. The molecule has 2 N–H and O–H groups in total. The molecule has 0 saturated heterocycles. The number of benzene rings is 2. The van der Waals surface area contributed by atoms with Crippen LogP contribution in [0.3, 0.4) is 0 Å². The summed E-state index contributed by atoms with van der Waals surface area (Å²) in [5, 5.41) is 4.84. The zero-order chi connectivity index (χ0) is 20.9. The first kappa shape index (κ1) is 21.2. The van der Waals surface area contributed by atoms with Crippen LogP contribution in [0.25, 0.3) is 0 Å². The van der Waals surface area contributed by atoms with E-state index in [9.17, 15) is 22.8 Å². The Morgan fingerprint density at radius 3 is 2.14 bits per heavy atom. The van der Waals surface area contributed by atoms with E-state index >= 15 is 0 Å². The molecule has 0 fully saturated rings. The fourth-order valence-electron chi connectivity index (χ4n) is 2.30. The number of anilines is 2. The number of carbonyl (C=O) groups excluding carboxylic acids is 2. The normalized spacial score (nSPS) is 10.8. The number of thiocarbonyl (C=S) groups is 1. The molecule has 0 aliphatic carbocycles. The van der Waals surface area contributed by atoms with E-state index in [2.05, 4.69) is 20.1 Å². The van der Waals surface area contributed by atoms with Crippen molar-refractivity contribution in [2.24, 2.45) is 0 Å². The number of methoxy groups -OCH3 is 2. The van der Waals surface area contributed by atoms with Crippen LogP contribution in [0, 0.1) is 0 Å². The summed E-state index contributed by atoms with van der Waals surface area (Å²) < 4.78 is 48.6. The maximum Gasteiger partial charge on any atom is 0.418 e. The predicted octanol–water partition coefficient (Wildman–Crippen LogP) is 4.09. The molecule has 10 heteroatoms. The van der Waals surface area contributed by atoms with Gasteiger partial charge in [-0.1, -0.05) is 12.1 Å². The van der Waals surface area contributed by atoms with Gasteiger partial charge < -0.3 is 20.1 Å². The van der Waals surface area contributed by atoms with Crippen LogP contribution in [0.15, 0.2) is 42.5 Å². The Hall–Kier alpha value is -3.14. The van der Waals surface area contributed by atoms with Crippen molar-refractivity contribution in [2.75, 3.05) is 24.9 Å². The largest absolute Gasteiger partial charge is 0.465 e. The summed E-state index contributed by atoms with van der Waals surface area (Å²) >= 11 is 5.06. The molecule has 0 unspecified atom stereocenters. The van der Waals surface area contributed by atoms with Gasteiger partial charge in [-0.25, -0.2) is 9.59 Å². The lowest BCUT2D eigenvalue weighted by Gasteiger charge is -2.17. The first-order chi connectivity index (χ1) is 13.2. The van der Waals surface area contributed by atoms with E-state index in [0.717, 1.165) is 13.2 Å². The van der Waals surface area contributed by atoms with Gasteiger partial charge >= 0.3 is 18.1 Å². The Balaban J connectivity index is 2.33. The van der Waals surface area contributed by atoms with Crippen molar-refractivity contribution in [3.63, 3.8) is 0 Å². The summed E-state index contributed by atoms with van der Waals surface area (Å²) in [5.74, 6) is -1.39. The average Bonchev–Trinajstić information content (AvgIpc) is 2.66. The lowest BCUT2D eigenvalue weighted by atomic mass is 10.1. The van der Waals surface area contributed by atoms with Gasteiger partial charge in [-0.05, 0) is 42.5 Å². The number of para-hydroxylation sites is 1. The van der Waals surface area contributed by atoms with Crippen molar-refractivity contribution in [1.29, 1.82) is 0 Å². The van der Waals surface area contributed by atoms with Crippen LogP contribution in [0.5, 0.6) is 0 Å². The average molecular weight is 412 g/mol. The van der Waals surface area contributed by atoms with Crippen molar-refractivity contribution in [3.8, 4) is 0 Å². The molecule has 0 heterocycles. The van der Waals surface area contributed by atoms with Crippen molar-refractivity contribution < 1.29 is 32.2 Å². The van der Waals surface area contributed by atoms with Gasteiger partial charge in [0.05, 0.1) is 42.3 Å². The lowest BCUT2D eigenvalue weighted by Crippen LogP contribution is -2.23. The number of nitrogens with one attached hydrogen (secondary N) is 2. The molecule has 0 amide bonds. The van der Waals surface area contributed by atoms with Gasteiger partial charge in [0.2, 0.25) is 0 Å². The SMILES string of the molecule is COC(=O)c1ccc(C(=O)OC)c(NC(=S)Nc2ccccc2C(F)(F)F)c1. The highest BCUT2D eigenvalue weighted by Gasteiger charge is 2.33. The van der Waals surface area contributed by atoms with Crippen LogP contribution in [-0.2, 0) is 15.7 Å². The van der Waals surface area contributed by atoms with Crippen molar-refractivity contribution in [1.82, 2.24) is 0 Å². The van der Waals surface area contributed by atoms with Crippen molar-refractivity contribution >= 4 is 40.6 Å². The molecule has 0 atom stereocenters. The van der Waals surface area contributed by atoms with Gasteiger partial charge in [-0.3, -0.25) is 0 Å². The van der Waals surface area contributed by atoms with Gasteiger partial charge in [0.25, 0.3) is 0 Å². The number of halogens is 3. The van der Waals surface area contributed by atoms with E-state index in [1.807, 2.05) is 0 Å². The first-order valence-corrected chi connectivity index (χ1v) is 8.13. The molecule has 0 aliphatic heterocycles. The van der Waals surface area contributed by atoms with Gasteiger partial charge in [0, 0.05) is 0 Å². The number of hydrogen-bond acceptors (Lipinski definition) is 5. The van der Waals surface area contributed by atoms with E-state index in [-0.39, 0.29) is 27.6 Å². The summed E-state index contributed by atoms with van der Waals surface area (Å²) in [4.78, 5) is 23.6. The molecular formula is C18H15F3N2O4S. The third kappa shape index (κ3) is 4.97. The molecule has 0 aliphatic rings. The Labute approximate surface area is 163 Å². The van der Waals surface area contributed by atoms with Crippen molar-refractivity contribution in [2.45, 2.75) is 6.18 Å². The molecule has 0 radical (unpaired) electrons. The zero-order valence-electron chi connectivity index (χ0n) is 14.7. The van der Waals surface area contributed by atoms with Crippen LogP contribution < -0.4 is 10.6 Å². The number of hydrogen-bond donors (Lipinski definition) is 2. The summed E-state index contributed by atoms with van der Waals surface area (Å²) in [5.41, 5.74) is -0.969. The van der Waals surface area contributed by atoms with E-state index < -0.39 is 23.7 Å². The Morgan fingerprint density at radius 2 is 1.54 bits per heavy atom. The molecule has 148 valence electrons. The van der Waals surface area contributed by atoms with Crippen LogP contribution in [0.4, 0.5) is 24.5 Å². The number of alkyl halides is 3. The number of esters is 2. The highest BCUT2D eigenvalue weighted by atomic mass is 32.1. The second kappa shape index (κ2) is 8.70. The molecule has 0 bridgehead atoms. The molecule has 2 aromatic rings. The van der Waals surface area contributed by atoms with Gasteiger partial charge in [-0.15, -0.1) is 0 Å². The van der Waals surface area contributed by atoms with Crippen LogP contribution in [-0.4, -0.2) is 31.3 Å². The van der Waals surface area contributed by atoms with E-state index in [0.29, 0.717) is 0 Å². The Bertz CT molecular complexity index is 916. The monoisotopic (exact) mass is 412 g/mol. The first-order valence-electron chi connectivity index (χ1n) is 7.72. The predicted molar refractivity (Wildman–Crippen MR) is 100 cm³/mol. The quantitative estimate of drug-likeness (QED) is 0.579. The minimum atomic E-state index is -4.58. The Morgan fingerprint density at radius 1 is 0.929 bits per heavy atom. The second-order valence-electron chi connectivity index (χ2n) is 5.37. The van der Waals surface area contributed by atoms with E-state index in [1.165, 1.54) is 43.5 Å². The third-order valence-corrected chi connectivity index (χ3v) is 3.78. The molecule has 2 aromatic carbocycles. The maximum absolute atomic E-state index is 13.1. The third-order valence-electron chi connectivity index (χ3n) is 3.57. The zero-order valence-corrected chi connectivity index (χ0v) is 15.5. The van der Waals surface area contributed by atoms with Crippen LogP contribution >= 0.6 is 12.2 Å². The molecular weight excluding hydrogens is 397 g/mol. The summed E-state index contributed by atoms with van der Waals surface area (Å²) in [7, 11) is 2.35. The van der Waals surface area contributed by atoms with Gasteiger partial charge in [-0.2, -0.15) is 13.2 Å². The number of carbonyl (C=O) groups is 2. The highest BCUT2D eigenvalue weighted by molar-refractivity contribution is 7.80. The summed E-state index contributed by atoms with van der Waals surface area (Å²) in [6.07, 6.45) is -4.58. The standard InChI is InChI=1S/C18H15F3N2O4S/c1-26-15(24)10-7-8-11(16(25)27-2)14(9-10)23-17(28)22-13-6-4-3-5-12(13)18(19,20)21/h3-9H,1-2H3,(H2,22,23,28). The van der Waals surface area contributed by atoms with E-state index in [1.54, 1.807) is 0 Å². The molecule has 6 nitrogen and oxygen atoms in total. The van der Waals surface area contributed by atoms with Crippen molar-refractivity contribution in [3.05, 3.63) is 59.2 Å². The number of rotatable bonds is 4. The summed E-state index contributed by atoms with van der Waals surface area (Å²) in [6, 6.07) is 8.72. The van der Waals surface area contributed by atoms with Gasteiger partial charge in [0.1, 0.15) is 0 Å². The highest BCUT2D eigenvalue weighted by Crippen LogP contribution is 2.34. The van der Waals surface area contributed by atoms with Crippen LogP contribution in [0.1, 0.15) is 26.3 Å². The van der Waals surface area contributed by atoms with E-state index in [4.69, 9.17) is 12.2 Å². The smallest absolute Gasteiger partial charge is 0.418 e. The summed E-state index contributed by atoms with van der Waals surface area (Å²) in [6.45, 7) is 0. The van der Waals surface area contributed by atoms with Crippen LogP contribution in [0.2, 0.25) is 0 Å². The fourth-order valence-corrected chi connectivity index (χ4v) is 2.52. The topological polar surface area (TPSA) is 76.7 Å². The van der Waals surface area contributed by atoms with Gasteiger partial charge in [0.15, 0.2) is 5.11 Å². The second-order valence-corrected chi connectivity index (χ2v) is 5.77. The Kier molecular flexibility index (Phi) is 6.57. The lowest BCUT2D eigenvalue weighted by molar-refractivity contribution is -0.136. The number of ether oxygens (including phenoxy) is 2. The molecule has 0 aromatic heterocycles. The molecule has 2 rings (SSSR count). The molecule has 0 saturated carbocycles. The minimum Gasteiger partial charge on any atom is -0.465 e.